The number of alkyl halides is 3. The lowest BCUT2D eigenvalue weighted by Gasteiger charge is -2.14. The van der Waals surface area contributed by atoms with Gasteiger partial charge in [0.25, 0.3) is 0 Å². The first-order chi connectivity index (χ1) is 13.6. The third-order valence-corrected chi connectivity index (χ3v) is 4.40. The maximum Gasteiger partial charge on any atom is 0.416 e. The minimum absolute atomic E-state index is 0.101. The molecular formula is C21H19F3N2O3. The number of benzene rings is 2. The molecule has 1 unspecified atom stereocenters. The standard InChI is InChI=1S/C21H19F3N2O3/c1-13-19(14(2)29-18-5-3-4-15(10-18)11-20(27)28)12-26(25-13)17-8-6-16(7-9-17)21(22,23)24/h3-10,12,14H,11H2,1-2H3,(H,27,28). The first kappa shape index (κ1) is 20.4. The summed E-state index contributed by atoms with van der Waals surface area (Å²) in [6.07, 6.45) is -3.17. The molecule has 1 aromatic heterocycles. The Morgan fingerprint density at radius 1 is 1.21 bits per heavy atom. The van der Waals surface area contributed by atoms with E-state index >= 15 is 0 Å². The number of aryl methyl sites for hydroxylation is 1. The highest BCUT2D eigenvalue weighted by Crippen LogP contribution is 2.30. The number of carbonyl (C=O) groups is 1. The van der Waals surface area contributed by atoms with Crippen molar-refractivity contribution in [2.75, 3.05) is 0 Å². The third kappa shape index (κ3) is 4.96. The van der Waals surface area contributed by atoms with Gasteiger partial charge in [0.2, 0.25) is 0 Å². The summed E-state index contributed by atoms with van der Waals surface area (Å²) in [5.74, 6) is -0.401. The van der Waals surface area contributed by atoms with Gasteiger partial charge in [-0.2, -0.15) is 18.3 Å². The van der Waals surface area contributed by atoms with E-state index in [1.807, 2.05) is 6.92 Å². The molecule has 0 bridgehead atoms. The second-order valence-corrected chi connectivity index (χ2v) is 6.64. The molecule has 5 nitrogen and oxygen atoms in total. The van der Waals surface area contributed by atoms with Gasteiger partial charge in [-0.25, -0.2) is 4.68 Å². The van der Waals surface area contributed by atoms with Crippen LogP contribution < -0.4 is 4.74 Å². The predicted octanol–water partition coefficient (Wildman–Crippen LogP) is 4.97. The molecule has 0 aliphatic heterocycles. The number of rotatable bonds is 6. The van der Waals surface area contributed by atoms with E-state index in [-0.39, 0.29) is 6.42 Å². The number of halogens is 3. The quantitative estimate of drug-likeness (QED) is 0.630. The lowest BCUT2D eigenvalue weighted by molar-refractivity contribution is -0.138. The Bertz CT molecular complexity index is 1010. The van der Waals surface area contributed by atoms with E-state index in [2.05, 4.69) is 5.10 Å². The highest BCUT2D eigenvalue weighted by atomic mass is 19.4. The summed E-state index contributed by atoms with van der Waals surface area (Å²) in [5, 5.41) is 13.3. The molecule has 152 valence electrons. The van der Waals surface area contributed by atoms with Gasteiger partial charge < -0.3 is 9.84 Å². The number of ether oxygens (including phenoxy) is 1. The second kappa shape index (κ2) is 7.98. The Kier molecular flexibility index (Phi) is 5.63. The van der Waals surface area contributed by atoms with E-state index in [4.69, 9.17) is 9.84 Å². The Labute approximate surface area is 165 Å². The van der Waals surface area contributed by atoms with Crippen LogP contribution in [0.4, 0.5) is 13.2 Å². The van der Waals surface area contributed by atoms with Crippen molar-refractivity contribution in [2.24, 2.45) is 0 Å². The van der Waals surface area contributed by atoms with Gasteiger partial charge in [0.15, 0.2) is 0 Å². The molecule has 0 spiro atoms. The van der Waals surface area contributed by atoms with Crippen LogP contribution in [0.2, 0.25) is 0 Å². The molecule has 2 aromatic carbocycles. The van der Waals surface area contributed by atoms with Crippen LogP contribution >= 0.6 is 0 Å². The van der Waals surface area contributed by atoms with Crippen molar-refractivity contribution in [3.8, 4) is 11.4 Å². The smallest absolute Gasteiger partial charge is 0.416 e. The van der Waals surface area contributed by atoms with Gasteiger partial charge in [-0.1, -0.05) is 12.1 Å². The largest absolute Gasteiger partial charge is 0.486 e. The summed E-state index contributed by atoms with van der Waals surface area (Å²) in [6, 6.07) is 11.6. The summed E-state index contributed by atoms with van der Waals surface area (Å²) in [5.41, 5.74) is 1.86. The summed E-state index contributed by atoms with van der Waals surface area (Å²) in [6.45, 7) is 3.61. The van der Waals surface area contributed by atoms with E-state index in [1.165, 1.54) is 16.8 Å². The first-order valence-electron chi connectivity index (χ1n) is 8.84. The molecule has 0 saturated heterocycles. The Hall–Kier alpha value is -3.29. The summed E-state index contributed by atoms with van der Waals surface area (Å²) >= 11 is 0. The molecule has 1 atom stereocenters. The topological polar surface area (TPSA) is 64.4 Å². The van der Waals surface area contributed by atoms with Gasteiger partial charge in [-0.3, -0.25) is 4.79 Å². The van der Waals surface area contributed by atoms with Crippen LogP contribution in [0.5, 0.6) is 5.75 Å². The zero-order valence-electron chi connectivity index (χ0n) is 15.8. The molecule has 1 N–H and O–H groups in total. The maximum absolute atomic E-state index is 12.7. The molecule has 1 heterocycles. The minimum atomic E-state index is -4.39. The first-order valence-corrected chi connectivity index (χ1v) is 8.84. The molecule has 29 heavy (non-hydrogen) atoms. The van der Waals surface area contributed by atoms with Crippen molar-refractivity contribution in [2.45, 2.75) is 32.5 Å². The van der Waals surface area contributed by atoms with Crippen LogP contribution in [0.15, 0.2) is 54.7 Å². The van der Waals surface area contributed by atoms with Crippen LogP contribution in [0.1, 0.15) is 35.4 Å². The van der Waals surface area contributed by atoms with Gasteiger partial charge in [0.1, 0.15) is 11.9 Å². The molecule has 0 amide bonds. The SMILES string of the molecule is Cc1nn(-c2ccc(C(F)(F)F)cc2)cc1C(C)Oc1cccc(CC(=O)O)c1. The van der Waals surface area contributed by atoms with Crippen LogP contribution in [-0.2, 0) is 17.4 Å². The molecule has 0 radical (unpaired) electrons. The van der Waals surface area contributed by atoms with Crippen LogP contribution in [-0.4, -0.2) is 20.9 Å². The van der Waals surface area contributed by atoms with Crippen molar-refractivity contribution in [1.29, 1.82) is 0 Å². The summed E-state index contributed by atoms with van der Waals surface area (Å²) in [7, 11) is 0. The Morgan fingerprint density at radius 3 is 2.52 bits per heavy atom. The van der Waals surface area contributed by atoms with Crippen LogP contribution in [0.25, 0.3) is 5.69 Å². The lowest BCUT2D eigenvalue weighted by Crippen LogP contribution is -2.05. The lowest BCUT2D eigenvalue weighted by atomic mass is 10.1. The molecule has 0 aliphatic carbocycles. The fourth-order valence-electron chi connectivity index (χ4n) is 2.98. The van der Waals surface area contributed by atoms with Gasteiger partial charge in [-0.15, -0.1) is 0 Å². The minimum Gasteiger partial charge on any atom is -0.486 e. The molecule has 8 heteroatoms. The number of aliphatic carboxylic acids is 1. The van der Waals surface area contributed by atoms with Crippen molar-refractivity contribution in [1.82, 2.24) is 9.78 Å². The Balaban J connectivity index is 1.78. The number of aromatic nitrogens is 2. The molecule has 0 saturated carbocycles. The second-order valence-electron chi connectivity index (χ2n) is 6.64. The molecular weight excluding hydrogens is 385 g/mol. The zero-order valence-corrected chi connectivity index (χ0v) is 15.8. The van der Waals surface area contributed by atoms with Gasteiger partial charge >= 0.3 is 12.1 Å². The highest BCUT2D eigenvalue weighted by Gasteiger charge is 2.30. The van der Waals surface area contributed by atoms with Gasteiger partial charge in [-0.05, 0) is 55.8 Å². The van der Waals surface area contributed by atoms with Gasteiger partial charge in [0, 0.05) is 11.8 Å². The van der Waals surface area contributed by atoms with Crippen LogP contribution in [0, 0.1) is 6.92 Å². The van der Waals surface area contributed by atoms with Gasteiger partial charge in [0.05, 0.1) is 23.4 Å². The molecule has 0 aliphatic rings. The van der Waals surface area contributed by atoms with E-state index in [9.17, 15) is 18.0 Å². The van der Waals surface area contributed by atoms with E-state index < -0.39 is 23.8 Å². The van der Waals surface area contributed by atoms with Crippen molar-refractivity contribution >= 4 is 5.97 Å². The number of hydrogen-bond acceptors (Lipinski definition) is 3. The molecule has 0 fully saturated rings. The fourth-order valence-corrected chi connectivity index (χ4v) is 2.98. The fraction of sp³-hybridized carbons (Fsp3) is 0.238. The molecule has 3 rings (SSSR count). The molecule has 3 aromatic rings. The highest BCUT2D eigenvalue weighted by molar-refractivity contribution is 5.70. The Morgan fingerprint density at radius 2 is 1.90 bits per heavy atom. The van der Waals surface area contributed by atoms with E-state index in [0.29, 0.717) is 22.7 Å². The summed E-state index contributed by atoms with van der Waals surface area (Å²) < 4.78 is 45.6. The maximum atomic E-state index is 12.7. The summed E-state index contributed by atoms with van der Waals surface area (Å²) in [4.78, 5) is 10.9. The third-order valence-electron chi connectivity index (χ3n) is 4.40. The van der Waals surface area contributed by atoms with Crippen molar-refractivity contribution in [3.63, 3.8) is 0 Å². The average molecular weight is 404 g/mol. The number of nitrogens with zero attached hydrogens (tertiary/aromatic N) is 2. The zero-order chi connectivity index (χ0) is 21.2. The number of carboxylic acid groups (broad SMARTS) is 1. The predicted molar refractivity (Wildman–Crippen MR) is 100 cm³/mol. The normalized spacial score (nSPS) is 12.6. The van der Waals surface area contributed by atoms with E-state index in [0.717, 1.165) is 17.7 Å². The number of carboxylic acids is 1. The average Bonchev–Trinajstić information content (AvgIpc) is 3.03. The van der Waals surface area contributed by atoms with Crippen molar-refractivity contribution in [3.05, 3.63) is 77.1 Å². The monoisotopic (exact) mass is 404 g/mol. The van der Waals surface area contributed by atoms with Crippen LogP contribution in [0.3, 0.4) is 0 Å². The van der Waals surface area contributed by atoms with E-state index in [1.54, 1.807) is 37.4 Å². The number of hydrogen-bond donors (Lipinski definition) is 1. The van der Waals surface area contributed by atoms with Crippen molar-refractivity contribution < 1.29 is 27.8 Å².